The molecule has 0 saturated carbocycles. The molecular weight excluding hydrogens is 407 g/mol. The van der Waals surface area contributed by atoms with Gasteiger partial charge >= 0.3 is 6.18 Å². The van der Waals surface area contributed by atoms with Gasteiger partial charge in [-0.15, -0.1) is 0 Å². The number of aliphatic imine (C=N–C) groups is 1. The van der Waals surface area contributed by atoms with Crippen LogP contribution in [0.3, 0.4) is 0 Å². The van der Waals surface area contributed by atoms with Gasteiger partial charge < -0.3 is 20.3 Å². The second-order valence-corrected chi connectivity index (χ2v) is 7.49. The van der Waals surface area contributed by atoms with Crippen LogP contribution in [0.2, 0.25) is 0 Å². The molecule has 1 fully saturated rings. The highest BCUT2D eigenvalue weighted by Crippen LogP contribution is 2.24. The van der Waals surface area contributed by atoms with Crippen LogP contribution in [-0.4, -0.2) is 43.9 Å². The zero-order chi connectivity index (χ0) is 22.3. The van der Waals surface area contributed by atoms with E-state index in [1.54, 1.807) is 13.1 Å². The SMILES string of the molecule is CN=C(NCc1ccc(OCC(F)(F)F)nc1)NC(C)c1cccc(N2CCCC2)c1. The summed E-state index contributed by atoms with van der Waals surface area (Å²) in [5.74, 6) is 0.562. The van der Waals surface area contributed by atoms with Gasteiger partial charge in [0.25, 0.3) is 0 Å². The van der Waals surface area contributed by atoms with Crippen LogP contribution in [0.15, 0.2) is 47.6 Å². The number of rotatable bonds is 7. The lowest BCUT2D eigenvalue weighted by Crippen LogP contribution is -2.38. The first kappa shape index (κ1) is 22.7. The van der Waals surface area contributed by atoms with Crippen LogP contribution >= 0.6 is 0 Å². The number of alkyl halides is 3. The summed E-state index contributed by atoms with van der Waals surface area (Å²) in [4.78, 5) is 10.6. The van der Waals surface area contributed by atoms with E-state index in [1.807, 2.05) is 0 Å². The number of ether oxygens (including phenoxy) is 1. The molecule has 9 heteroatoms. The number of guanidine groups is 1. The predicted molar refractivity (Wildman–Crippen MR) is 115 cm³/mol. The maximum Gasteiger partial charge on any atom is 0.422 e. The molecule has 31 heavy (non-hydrogen) atoms. The molecule has 0 aliphatic carbocycles. The summed E-state index contributed by atoms with van der Waals surface area (Å²) < 4.78 is 41.3. The van der Waals surface area contributed by atoms with Gasteiger partial charge in [-0.05, 0) is 43.0 Å². The van der Waals surface area contributed by atoms with E-state index >= 15 is 0 Å². The molecule has 0 amide bonds. The van der Waals surface area contributed by atoms with Crippen molar-refractivity contribution >= 4 is 11.6 Å². The number of nitrogens with one attached hydrogen (secondary N) is 2. The molecule has 2 N–H and O–H groups in total. The van der Waals surface area contributed by atoms with Crippen LogP contribution in [0.5, 0.6) is 5.88 Å². The Bertz CT molecular complexity index is 864. The number of aromatic nitrogens is 1. The molecule has 1 unspecified atom stereocenters. The van der Waals surface area contributed by atoms with Crippen LogP contribution in [0.25, 0.3) is 0 Å². The van der Waals surface area contributed by atoms with Crippen molar-refractivity contribution in [1.82, 2.24) is 15.6 Å². The van der Waals surface area contributed by atoms with E-state index in [2.05, 4.69) is 61.4 Å². The maximum atomic E-state index is 12.2. The predicted octanol–water partition coefficient (Wildman–Crippen LogP) is 4.05. The number of hydrogen-bond acceptors (Lipinski definition) is 4. The largest absolute Gasteiger partial charge is 0.468 e. The van der Waals surface area contributed by atoms with Gasteiger partial charge in [-0.2, -0.15) is 13.2 Å². The van der Waals surface area contributed by atoms with E-state index in [0.29, 0.717) is 12.5 Å². The Kier molecular flexibility index (Phi) is 7.59. The summed E-state index contributed by atoms with van der Waals surface area (Å²) in [6.07, 6.45) is -0.433. The minimum atomic E-state index is -4.38. The average Bonchev–Trinajstić information content (AvgIpc) is 3.30. The van der Waals surface area contributed by atoms with Crippen molar-refractivity contribution in [3.63, 3.8) is 0 Å². The van der Waals surface area contributed by atoms with Crippen molar-refractivity contribution in [2.24, 2.45) is 4.99 Å². The minimum Gasteiger partial charge on any atom is -0.468 e. The Balaban J connectivity index is 1.52. The highest BCUT2D eigenvalue weighted by molar-refractivity contribution is 5.80. The maximum absolute atomic E-state index is 12.2. The second kappa shape index (κ2) is 10.4. The summed E-state index contributed by atoms with van der Waals surface area (Å²) in [7, 11) is 1.69. The van der Waals surface area contributed by atoms with Crippen LogP contribution in [0.4, 0.5) is 18.9 Å². The van der Waals surface area contributed by atoms with Gasteiger partial charge in [0.15, 0.2) is 12.6 Å². The van der Waals surface area contributed by atoms with Crippen molar-refractivity contribution in [3.05, 3.63) is 53.7 Å². The summed E-state index contributed by atoms with van der Waals surface area (Å²) >= 11 is 0. The molecule has 2 aromatic rings. The smallest absolute Gasteiger partial charge is 0.422 e. The van der Waals surface area contributed by atoms with Gasteiger partial charge in [0.05, 0.1) is 6.04 Å². The van der Waals surface area contributed by atoms with Crippen LogP contribution in [0.1, 0.15) is 36.9 Å². The van der Waals surface area contributed by atoms with E-state index in [4.69, 9.17) is 0 Å². The first-order chi connectivity index (χ1) is 14.8. The molecule has 0 radical (unpaired) electrons. The Morgan fingerprint density at radius 3 is 2.65 bits per heavy atom. The van der Waals surface area contributed by atoms with E-state index in [0.717, 1.165) is 18.7 Å². The number of anilines is 1. The second-order valence-electron chi connectivity index (χ2n) is 7.49. The number of pyridine rings is 1. The summed E-state index contributed by atoms with van der Waals surface area (Å²) in [6.45, 7) is 3.34. The number of hydrogen-bond donors (Lipinski definition) is 2. The van der Waals surface area contributed by atoms with Gasteiger partial charge in [-0.3, -0.25) is 4.99 Å². The van der Waals surface area contributed by atoms with Gasteiger partial charge in [0.2, 0.25) is 5.88 Å². The molecule has 2 heterocycles. The average molecular weight is 435 g/mol. The van der Waals surface area contributed by atoms with E-state index < -0.39 is 12.8 Å². The van der Waals surface area contributed by atoms with E-state index in [1.165, 1.54) is 36.4 Å². The fraction of sp³-hybridized carbons (Fsp3) is 0.455. The topological polar surface area (TPSA) is 61.8 Å². The Hall–Kier alpha value is -2.97. The van der Waals surface area contributed by atoms with Gasteiger partial charge in [0, 0.05) is 44.6 Å². The molecule has 1 aliphatic rings. The number of benzene rings is 1. The highest BCUT2D eigenvalue weighted by Gasteiger charge is 2.28. The summed E-state index contributed by atoms with van der Waals surface area (Å²) in [6, 6.07) is 11.7. The fourth-order valence-corrected chi connectivity index (χ4v) is 3.39. The third-order valence-electron chi connectivity index (χ3n) is 5.06. The third kappa shape index (κ3) is 7.04. The minimum absolute atomic E-state index is 0.0463. The van der Waals surface area contributed by atoms with Gasteiger partial charge in [-0.25, -0.2) is 4.98 Å². The summed E-state index contributed by atoms with van der Waals surface area (Å²) in [5.41, 5.74) is 3.21. The van der Waals surface area contributed by atoms with E-state index in [-0.39, 0.29) is 11.9 Å². The van der Waals surface area contributed by atoms with Gasteiger partial charge in [-0.1, -0.05) is 18.2 Å². The molecule has 0 bridgehead atoms. The first-order valence-corrected chi connectivity index (χ1v) is 10.3. The highest BCUT2D eigenvalue weighted by atomic mass is 19.4. The zero-order valence-electron chi connectivity index (χ0n) is 17.7. The standard InChI is InChI=1S/C22H28F3N5O/c1-16(18-6-5-7-19(12-18)30-10-3-4-11-30)29-21(26-2)28-14-17-8-9-20(27-13-17)31-15-22(23,24)25/h5-9,12-13,16H,3-4,10-11,14-15H2,1-2H3,(H2,26,28,29). The lowest BCUT2D eigenvalue weighted by molar-refractivity contribution is -0.154. The van der Waals surface area contributed by atoms with Crippen molar-refractivity contribution in [1.29, 1.82) is 0 Å². The summed E-state index contributed by atoms with van der Waals surface area (Å²) in [5, 5.41) is 6.57. The van der Waals surface area contributed by atoms with Crippen molar-refractivity contribution in [3.8, 4) is 5.88 Å². The molecular formula is C22H28F3N5O. The fourth-order valence-electron chi connectivity index (χ4n) is 3.39. The lowest BCUT2D eigenvalue weighted by Gasteiger charge is -2.22. The first-order valence-electron chi connectivity index (χ1n) is 10.3. The van der Waals surface area contributed by atoms with Crippen molar-refractivity contribution in [2.75, 3.05) is 31.6 Å². The van der Waals surface area contributed by atoms with Crippen molar-refractivity contribution in [2.45, 2.75) is 38.5 Å². The Morgan fingerprint density at radius 2 is 2.00 bits per heavy atom. The molecule has 1 aromatic heterocycles. The normalized spacial score (nSPS) is 15.6. The Morgan fingerprint density at radius 1 is 1.23 bits per heavy atom. The van der Waals surface area contributed by atoms with Crippen LogP contribution < -0.4 is 20.3 Å². The van der Waals surface area contributed by atoms with Crippen molar-refractivity contribution < 1.29 is 17.9 Å². The molecule has 1 aliphatic heterocycles. The van der Waals surface area contributed by atoms with E-state index in [9.17, 15) is 13.2 Å². The third-order valence-corrected chi connectivity index (χ3v) is 5.06. The van der Waals surface area contributed by atoms with Gasteiger partial charge in [0.1, 0.15) is 0 Å². The number of halogens is 3. The zero-order valence-corrected chi connectivity index (χ0v) is 17.7. The van der Waals surface area contributed by atoms with Crippen LogP contribution in [-0.2, 0) is 6.54 Å². The molecule has 1 aromatic carbocycles. The number of nitrogens with zero attached hydrogens (tertiary/aromatic N) is 3. The molecule has 1 saturated heterocycles. The Labute approximate surface area is 180 Å². The lowest BCUT2D eigenvalue weighted by atomic mass is 10.1. The molecule has 1 atom stereocenters. The monoisotopic (exact) mass is 435 g/mol. The quantitative estimate of drug-likeness (QED) is 0.508. The van der Waals surface area contributed by atoms with Crippen LogP contribution in [0, 0.1) is 0 Å². The molecule has 0 spiro atoms. The molecule has 168 valence electrons. The molecule has 3 rings (SSSR count). The molecule has 6 nitrogen and oxygen atoms in total.